The largest absolute Gasteiger partial charge is 0.497 e. The summed E-state index contributed by atoms with van der Waals surface area (Å²) in [5.41, 5.74) is -2.58. The molecule has 0 bridgehead atoms. The van der Waals surface area contributed by atoms with E-state index in [1.54, 1.807) is 24.3 Å². The Morgan fingerprint density at radius 2 is 1.56 bits per heavy atom. The summed E-state index contributed by atoms with van der Waals surface area (Å²) < 4.78 is 56.3. The van der Waals surface area contributed by atoms with Crippen molar-refractivity contribution in [1.82, 2.24) is 9.97 Å². The van der Waals surface area contributed by atoms with Gasteiger partial charge < -0.3 is 9.72 Å². The lowest BCUT2D eigenvalue weighted by Crippen LogP contribution is -1.99. The number of methoxy groups -OCH3 is 1. The van der Waals surface area contributed by atoms with Crippen LogP contribution in [0.4, 0.5) is 17.6 Å². The van der Waals surface area contributed by atoms with Gasteiger partial charge in [0.15, 0.2) is 5.16 Å². The fraction of sp³-hybridized carbons (Fsp3) is 0.118. The van der Waals surface area contributed by atoms with Gasteiger partial charge in [0, 0.05) is 22.9 Å². The Labute approximate surface area is 145 Å². The molecular formula is C17H12F4N2OS. The van der Waals surface area contributed by atoms with E-state index in [1.807, 2.05) is 0 Å². The summed E-state index contributed by atoms with van der Waals surface area (Å²) in [5, 5.41) is -0.280. The predicted octanol–water partition coefficient (Wildman–Crippen LogP) is 5.50. The summed E-state index contributed by atoms with van der Waals surface area (Å²) >= 11 is -0.330. The maximum atomic E-state index is 13.1. The fourth-order valence-electron chi connectivity index (χ4n) is 2.29. The lowest BCUT2D eigenvalue weighted by molar-refractivity contribution is -0.0330. The lowest BCUT2D eigenvalue weighted by atomic mass is 10.0. The normalized spacial score (nSPS) is 11.6. The van der Waals surface area contributed by atoms with Gasteiger partial charge in [-0.3, -0.25) is 0 Å². The maximum Gasteiger partial charge on any atom is 0.449 e. The van der Waals surface area contributed by atoms with Crippen LogP contribution in [0, 0.1) is 5.82 Å². The number of hydrogen-bond donors (Lipinski definition) is 1. The molecule has 0 unspecified atom stereocenters. The average molecular weight is 368 g/mol. The van der Waals surface area contributed by atoms with Gasteiger partial charge in [0.05, 0.1) is 18.5 Å². The molecule has 3 nitrogen and oxygen atoms in total. The Morgan fingerprint density at radius 3 is 2.12 bits per heavy atom. The average Bonchev–Trinajstić information content (AvgIpc) is 2.97. The van der Waals surface area contributed by atoms with E-state index < -0.39 is 11.3 Å². The second-order valence-corrected chi connectivity index (χ2v) is 6.10. The zero-order chi connectivity index (χ0) is 18.0. The third-order valence-corrected chi connectivity index (χ3v) is 4.01. The lowest BCUT2D eigenvalue weighted by Gasteiger charge is -2.04. The van der Waals surface area contributed by atoms with Crippen LogP contribution in [-0.2, 0) is 0 Å². The minimum absolute atomic E-state index is 0.280. The van der Waals surface area contributed by atoms with E-state index in [0.717, 1.165) is 0 Å². The number of imidazole rings is 1. The number of thioether (sulfide) groups is 1. The van der Waals surface area contributed by atoms with Gasteiger partial charge in [-0.25, -0.2) is 9.37 Å². The van der Waals surface area contributed by atoms with E-state index in [-0.39, 0.29) is 16.9 Å². The molecule has 0 aliphatic carbocycles. The van der Waals surface area contributed by atoms with Gasteiger partial charge in [-0.1, -0.05) is 0 Å². The molecule has 0 radical (unpaired) electrons. The number of aromatic amines is 1. The highest BCUT2D eigenvalue weighted by Crippen LogP contribution is 2.39. The Morgan fingerprint density at radius 1 is 0.960 bits per heavy atom. The fourth-order valence-corrected chi connectivity index (χ4v) is 2.80. The van der Waals surface area contributed by atoms with E-state index in [0.29, 0.717) is 28.3 Å². The Bertz CT molecular complexity index is 858. The van der Waals surface area contributed by atoms with Gasteiger partial charge in [0.25, 0.3) is 0 Å². The molecule has 3 rings (SSSR count). The van der Waals surface area contributed by atoms with E-state index in [1.165, 1.54) is 31.4 Å². The molecule has 0 saturated carbocycles. The first-order chi connectivity index (χ1) is 11.9. The van der Waals surface area contributed by atoms with E-state index >= 15 is 0 Å². The number of ether oxygens (including phenoxy) is 1. The third-order valence-electron chi connectivity index (χ3n) is 3.39. The molecule has 130 valence electrons. The summed E-state index contributed by atoms with van der Waals surface area (Å²) in [7, 11) is 1.52. The highest BCUT2D eigenvalue weighted by Gasteiger charge is 2.32. The highest BCUT2D eigenvalue weighted by atomic mass is 32.2. The summed E-state index contributed by atoms with van der Waals surface area (Å²) in [6, 6.07) is 12.2. The van der Waals surface area contributed by atoms with Crippen LogP contribution in [0.25, 0.3) is 22.5 Å². The van der Waals surface area contributed by atoms with Crippen LogP contribution < -0.4 is 4.74 Å². The van der Waals surface area contributed by atoms with Gasteiger partial charge in [0.1, 0.15) is 11.6 Å². The number of aromatic nitrogens is 2. The van der Waals surface area contributed by atoms with E-state index in [4.69, 9.17) is 4.74 Å². The van der Waals surface area contributed by atoms with Crippen LogP contribution in [0.2, 0.25) is 0 Å². The Kier molecular flexibility index (Phi) is 4.71. The molecule has 1 aromatic heterocycles. The molecule has 1 heterocycles. The number of H-pyrrole nitrogens is 1. The van der Waals surface area contributed by atoms with Crippen LogP contribution in [0.1, 0.15) is 0 Å². The van der Waals surface area contributed by atoms with Gasteiger partial charge in [0.2, 0.25) is 0 Å². The number of rotatable bonds is 4. The number of hydrogen-bond acceptors (Lipinski definition) is 3. The first-order valence-electron chi connectivity index (χ1n) is 7.12. The summed E-state index contributed by atoms with van der Waals surface area (Å²) in [6.45, 7) is 0. The molecule has 2 aromatic carbocycles. The molecule has 0 amide bonds. The molecule has 25 heavy (non-hydrogen) atoms. The standard InChI is InChI=1S/C17H12F4N2OS/c1-24-13-8-4-11(5-9-13)15-14(10-2-6-12(18)7-3-10)22-16(23-15)25-17(19,20)21/h2-9H,1H3,(H,22,23). The number of nitrogens with zero attached hydrogens (tertiary/aromatic N) is 1. The van der Waals surface area contributed by atoms with Crippen LogP contribution in [0.5, 0.6) is 5.75 Å². The van der Waals surface area contributed by atoms with Gasteiger partial charge >= 0.3 is 5.51 Å². The third kappa shape index (κ3) is 4.14. The molecule has 0 atom stereocenters. The molecule has 1 N–H and O–H groups in total. The number of benzene rings is 2. The van der Waals surface area contributed by atoms with Crippen molar-refractivity contribution in [1.29, 1.82) is 0 Å². The summed E-state index contributed by atoms with van der Waals surface area (Å²) in [5.74, 6) is 0.187. The van der Waals surface area contributed by atoms with Gasteiger partial charge in [-0.15, -0.1) is 0 Å². The van der Waals surface area contributed by atoms with Crippen LogP contribution in [0.3, 0.4) is 0 Å². The molecule has 0 spiro atoms. The quantitative estimate of drug-likeness (QED) is 0.488. The van der Waals surface area contributed by atoms with Crippen LogP contribution >= 0.6 is 11.8 Å². The highest BCUT2D eigenvalue weighted by molar-refractivity contribution is 8.00. The minimum atomic E-state index is -4.46. The maximum absolute atomic E-state index is 13.1. The number of alkyl halides is 3. The first-order valence-corrected chi connectivity index (χ1v) is 7.93. The van der Waals surface area contributed by atoms with Crippen molar-refractivity contribution >= 4 is 11.8 Å². The molecule has 0 saturated heterocycles. The van der Waals surface area contributed by atoms with E-state index in [2.05, 4.69) is 9.97 Å². The zero-order valence-corrected chi connectivity index (χ0v) is 13.7. The monoisotopic (exact) mass is 368 g/mol. The van der Waals surface area contributed by atoms with Gasteiger partial charge in [-0.2, -0.15) is 13.2 Å². The second-order valence-electron chi connectivity index (χ2n) is 5.05. The second kappa shape index (κ2) is 6.79. The SMILES string of the molecule is COc1ccc(-c2nc(SC(F)(F)F)[nH]c2-c2ccc(F)cc2)cc1. The molecule has 0 aliphatic heterocycles. The van der Waals surface area contributed by atoms with Crippen molar-refractivity contribution in [3.63, 3.8) is 0 Å². The van der Waals surface area contributed by atoms with Crippen LogP contribution in [0.15, 0.2) is 53.7 Å². The van der Waals surface area contributed by atoms with Crippen molar-refractivity contribution in [3.05, 3.63) is 54.3 Å². The molecule has 0 fully saturated rings. The zero-order valence-electron chi connectivity index (χ0n) is 12.9. The molecule has 3 aromatic rings. The number of nitrogens with one attached hydrogen (secondary N) is 1. The molecular weight excluding hydrogens is 356 g/mol. The molecule has 8 heteroatoms. The predicted molar refractivity (Wildman–Crippen MR) is 87.9 cm³/mol. The smallest absolute Gasteiger partial charge is 0.449 e. The van der Waals surface area contributed by atoms with Crippen LogP contribution in [-0.4, -0.2) is 22.6 Å². The van der Waals surface area contributed by atoms with Crippen molar-refractivity contribution in [2.45, 2.75) is 10.7 Å². The molecule has 0 aliphatic rings. The van der Waals surface area contributed by atoms with Gasteiger partial charge in [-0.05, 0) is 48.5 Å². The van der Waals surface area contributed by atoms with Crippen molar-refractivity contribution < 1.29 is 22.3 Å². The van der Waals surface area contributed by atoms with Crippen molar-refractivity contribution in [2.24, 2.45) is 0 Å². The summed E-state index contributed by atoms with van der Waals surface area (Å²) in [4.78, 5) is 6.75. The van der Waals surface area contributed by atoms with Crippen molar-refractivity contribution in [3.8, 4) is 28.3 Å². The Balaban J connectivity index is 2.08. The number of halogens is 4. The topological polar surface area (TPSA) is 37.9 Å². The Hall–Kier alpha value is -2.48. The first kappa shape index (κ1) is 17.3. The van der Waals surface area contributed by atoms with Crippen molar-refractivity contribution in [2.75, 3.05) is 7.11 Å². The minimum Gasteiger partial charge on any atom is -0.497 e. The van der Waals surface area contributed by atoms with E-state index in [9.17, 15) is 17.6 Å². The summed E-state index contributed by atoms with van der Waals surface area (Å²) in [6.07, 6.45) is 0.